The molecule has 2 rings (SSSR count). The summed E-state index contributed by atoms with van der Waals surface area (Å²) >= 11 is 5.69. The number of nitrogens with two attached hydrogens (primary N) is 1. The molecule has 0 fully saturated rings. The molecule has 1 heterocycles. The smallest absolute Gasteiger partial charge is 0.242 e. The minimum absolute atomic E-state index is 0.0547. The number of halogens is 2. The van der Waals surface area contributed by atoms with Gasteiger partial charge in [0.05, 0.1) is 10.7 Å². The second-order valence-corrected chi connectivity index (χ2v) is 3.81. The minimum Gasteiger partial charge on any atom is -0.436 e. The van der Waals surface area contributed by atoms with Gasteiger partial charge < -0.3 is 10.5 Å². The molecular weight excluding hydrogens is 257 g/mol. The van der Waals surface area contributed by atoms with Gasteiger partial charge in [-0.25, -0.2) is 9.37 Å². The molecule has 18 heavy (non-hydrogen) atoms. The Morgan fingerprint density at radius 2 is 2.22 bits per heavy atom. The molecule has 0 radical (unpaired) electrons. The summed E-state index contributed by atoms with van der Waals surface area (Å²) < 4.78 is 18.7. The second-order valence-electron chi connectivity index (χ2n) is 3.37. The Balaban J connectivity index is 2.41. The Hall–Kier alpha value is -2.32. The molecule has 0 amide bonds. The van der Waals surface area contributed by atoms with E-state index in [9.17, 15) is 4.39 Å². The van der Waals surface area contributed by atoms with Crippen LogP contribution < -0.4 is 10.5 Å². The van der Waals surface area contributed by atoms with E-state index in [1.807, 2.05) is 0 Å². The number of ether oxygens (including phenoxy) is 1. The van der Waals surface area contributed by atoms with E-state index in [-0.39, 0.29) is 22.9 Å². The maximum absolute atomic E-state index is 13.3. The van der Waals surface area contributed by atoms with Crippen molar-refractivity contribution in [2.24, 2.45) is 0 Å². The summed E-state index contributed by atoms with van der Waals surface area (Å²) in [6, 6.07) is 7.23. The zero-order valence-electron chi connectivity index (χ0n) is 9.02. The Bertz CT molecular complexity index is 640. The number of pyridine rings is 1. The van der Waals surface area contributed by atoms with Gasteiger partial charge in [-0.05, 0) is 18.2 Å². The Kier molecular flexibility index (Phi) is 3.31. The van der Waals surface area contributed by atoms with Gasteiger partial charge in [-0.3, -0.25) is 0 Å². The van der Waals surface area contributed by atoms with Crippen LogP contribution in [0.2, 0.25) is 5.02 Å². The normalized spacial score (nSPS) is 9.83. The highest BCUT2D eigenvalue weighted by atomic mass is 35.5. The number of nitriles is 1. The Morgan fingerprint density at radius 3 is 2.89 bits per heavy atom. The molecule has 90 valence electrons. The molecule has 0 aliphatic rings. The van der Waals surface area contributed by atoms with E-state index in [1.54, 1.807) is 6.07 Å². The predicted octanol–water partition coefficient (Wildman–Crippen LogP) is 3.12. The molecule has 0 atom stereocenters. The average molecular weight is 264 g/mol. The van der Waals surface area contributed by atoms with Crippen LogP contribution >= 0.6 is 11.6 Å². The summed E-state index contributed by atoms with van der Waals surface area (Å²) in [4.78, 5) is 3.87. The lowest BCUT2D eigenvalue weighted by atomic mass is 10.2. The van der Waals surface area contributed by atoms with Gasteiger partial charge in [0.1, 0.15) is 23.2 Å². The average Bonchev–Trinajstić information content (AvgIpc) is 2.33. The lowest BCUT2D eigenvalue weighted by Crippen LogP contribution is -1.97. The lowest BCUT2D eigenvalue weighted by Gasteiger charge is -2.08. The quantitative estimate of drug-likeness (QED) is 0.903. The topological polar surface area (TPSA) is 71.9 Å². The van der Waals surface area contributed by atoms with E-state index in [4.69, 9.17) is 27.3 Å². The van der Waals surface area contributed by atoms with Crippen molar-refractivity contribution >= 4 is 17.3 Å². The first-order chi connectivity index (χ1) is 8.61. The molecule has 0 saturated carbocycles. The van der Waals surface area contributed by atoms with E-state index in [1.165, 1.54) is 30.5 Å². The Labute approximate surface area is 107 Å². The third-order valence-corrected chi connectivity index (χ3v) is 2.35. The molecule has 2 N–H and O–H groups in total. The van der Waals surface area contributed by atoms with Gasteiger partial charge in [0, 0.05) is 6.20 Å². The van der Waals surface area contributed by atoms with E-state index in [2.05, 4.69) is 4.98 Å². The number of nitrogen functional groups attached to an aromatic ring is 1. The largest absolute Gasteiger partial charge is 0.436 e. The van der Waals surface area contributed by atoms with Gasteiger partial charge in [0.2, 0.25) is 5.88 Å². The first-order valence-corrected chi connectivity index (χ1v) is 5.27. The van der Waals surface area contributed by atoms with Crippen molar-refractivity contribution < 1.29 is 9.13 Å². The number of hydrogen-bond donors (Lipinski definition) is 1. The van der Waals surface area contributed by atoms with Crippen molar-refractivity contribution in [1.29, 1.82) is 5.26 Å². The molecule has 0 bridgehead atoms. The molecule has 0 aliphatic heterocycles. The molecule has 0 spiro atoms. The summed E-state index contributed by atoms with van der Waals surface area (Å²) in [7, 11) is 0. The minimum atomic E-state index is -0.664. The molecule has 0 saturated heterocycles. The third kappa shape index (κ3) is 2.34. The van der Waals surface area contributed by atoms with Gasteiger partial charge in [-0.15, -0.1) is 0 Å². The van der Waals surface area contributed by atoms with Crippen molar-refractivity contribution in [2.45, 2.75) is 0 Å². The summed E-state index contributed by atoms with van der Waals surface area (Å²) in [5.74, 6) is -0.539. The van der Waals surface area contributed by atoms with Crippen LogP contribution in [0.1, 0.15) is 5.56 Å². The molecule has 2 aromatic rings. The first kappa shape index (κ1) is 12.1. The molecule has 0 unspecified atom stereocenters. The standard InChI is InChI=1S/C12H7ClFN3O/c13-7-4-10(16)12(17-6-7)18-11-3-1-2-9(14)8(11)5-15/h1-4,6H,16H2. The van der Waals surface area contributed by atoms with Crippen molar-refractivity contribution in [3.63, 3.8) is 0 Å². The lowest BCUT2D eigenvalue weighted by molar-refractivity contribution is 0.458. The molecule has 4 nitrogen and oxygen atoms in total. The van der Waals surface area contributed by atoms with Crippen molar-refractivity contribution in [2.75, 3.05) is 5.73 Å². The zero-order valence-corrected chi connectivity index (χ0v) is 9.78. The van der Waals surface area contributed by atoms with Gasteiger partial charge in [-0.1, -0.05) is 17.7 Å². The van der Waals surface area contributed by atoms with Crippen molar-refractivity contribution in [3.8, 4) is 17.7 Å². The summed E-state index contributed by atoms with van der Waals surface area (Å²) in [5, 5.41) is 9.21. The van der Waals surface area contributed by atoms with Gasteiger partial charge >= 0.3 is 0 Å². The SMILES string of the molecule is N#Cc1c(F)cccc1Oc1ncc(Cl)cc1N. The van der Waals surface area contributed by atoms with Gasteiger partial charge in [-0.2, -0.15) is 5.26 Å². The van der Waals surface area contributed by atoms with Crippen LogP contribution in [0.5, 0.6) is 11.6 Å². The molecule has 6 heteroatoms. The van der Waals surface area contributed by atoms with E-state index >= 15 is 0 Å². The highest BCUT2D eigenvalue weighted by Gasteiger charge is 2.12. The van der Waals surface area contributed by atoms with Crippen LogP contribution in [0.4, 0.5) is 10.1 Å². The fourth-order valence-corrected chi connectivity index (χ4v) is 1.50. The highest BCUT2D eigenvalue weighted by molar-refractivity contribution is 6.30. The van der Waals surface area contributed by atoms with E-state index in [0.29, 0.717) is 5.02 Å². The van der Waals surface area contributed by atoms with Crippen LogP contribution in [0.25, 0.3) is 0 Å². The molecular formula is C12H7ClFN3O. The zero-order chi connectivity index (χ0) is 13.1. The van der Waals surface area contributed by atoms with Crippen molar-refractivity contribution in [1.82, 2.24) is 4.98 Å². The summed E-state index contributed by atoms with van der Waals surface area (Å²) in [6.07, 6.45) is 1.35. The molecule has 1 aromatic heterocycles. The van der Waals surface area contributed by atoms with Crippen LogP contribution in [0.15, 0.2) is 30.5 Å². The van der Waals surface area contributed by atoms with Crippen molar-refractivity contribution in [3.05, 3.63) is 46.9 Å². The number of rotatable bonds is 2. The molecule has 0 aliphatic carbocycles. The van der Waals surface area contributed by atoms with E-state index in [0.717, 1.165) is 0 Å². The van der Waals surface area contributed by atoms with Crippen LogP contribution in [-0.2, 0) is 0 Å². The number of nitrogens with zero attached hydrogens (tertiary/aromatic N) is 2. The third-order valence-electron chi connectivity index (χ3n) is 2.14. The monoisotopic (exact) mass is 263 g/mol. The first-order valence-electron chi connectivity index (χ1n) is 4.89. The predicted molar refractivity (Wildman–Crippen MR) is 64.8 cm³/mol. The van der Waals surface area contributed by atoms with Crippen LogP contribution in [0.3, 0.4) is 0 Å². The van der Waals surface area contributed by atoms with Crippen LogP contribution in [0, 0.1) is 17.1 Å². The van der Waals surface area contributed by atoms with Crippen LogP contribution in [-0.4, -0.2) is 4.98 Å². The second kappa shape index (κ2) is 4.90. The Morgan fingerprint density at radius 1 is 1.44 bits per heavy atom. The fraction of sp³-hybridized carbons (Fsp3) is 0. The maximum atomic E-state index is 13.3. The highest BCUT2D eigenvalue weighted by Crippen LogP contribution is 2.29. The number of anilines is 1. The van der Waals surface area contributed by atoms with Gasteiger partial charge in [0.25, 0.3) is 0 Å². The van der Waals surface area contributed by atoms with Gasteiger partial charge in [0.15, 0.2) is 0 Å². The summed E-state index contributed by atoms with van der Waals surface area (Å²) in [6.45, 7) is 0. The fourth-order valence-electron chi connectivity index (χ4n) is 1.33. The van der Waals surface area contributed by atoms with E-state index < -0.39 is 5.82 Å². The molecule has 1 aromatic carbocycles. The number of aromatic nitrogens is 1. The summed E-state index contributed by atoms with van der Waals surface area (Å²) in [5.41, 5.74) is 5.65. The maximum Gasteiger partial charge on any atom is 0.242 e. The number of hydrogen-bond acceptors (Lipinski definition) is 4. The number of benzene rings is 1.